The van der Waals surface area contributed by atoms with Gasteiger partial charge in [0.05, 0.1) is 7.11 Å². The molecule has 3 aromatic carbocycles. The van der Waals surface area contributed by atoms with Gasteiger partial charge in [0.2, 0.25) is 0 Å². The number of aliphatic carboxylic acids is 1. The van der Waals surface area contributed by atoms with Gasteiger partial charge in [-0.2, -0.15) is 0 Å². The van der Waals surface area contributed by atoms with Crippen molar-refractivity contribution in [3.05, 3.63) is 83.4 Å². The molecule has 4 heteroatoms. The predicted molar refractivity (Wildman–Crippen MR) is 124 cm³/mol. The van der Waals surface area contributed by atoms with Gasteiger partial charge >= 0.3 is 5.97 Å². The molecular weight excluding hydrogens is 388 g/mol. The van der Waals surface area contributed by atoms with Gasteiger partial charge in [-0.3, -0.25) is 4.79 Å². The van der Waals surface area contributed by atoms with Gasteiger partial charge in [-0.15, -0.1) is 0 Å². The molecule has 0 heterocycles. The number of methoxy groups -OCH3 is 1. The Hall–Kier alpha value is -3.27. The van der Waals surface area contributed by atoms with Crippen LogP contribution in [0, 0.1) is 0 Å². The molecular formula is C27H30O4. The van der Waals surface area contributed by atoms with Gasteiger partial charge in [0.25, 0.3) is 0 Å². The van der Waals surface area contributed by atoms with Gasteiger partial charge in [0, 0.05) is 12.0 Å². The topological polar surface area (TPSA) is 55.8 Å². The molecule has 0 fully saturated rings. The van der Waals surface area contributed by atoms with Gasteiger partial charge in [0.1, 0.15) is 18.1 Å². The third-order valence-electron chi connectivity index (χ3n) is 5.30. The Morgan fingerprint density at radius 2 is 1.65 bits per heavy atom. The second-order valence-corrected chi connectivity index (χ2v) is 8.65. The summed E-state index contributed by atoms with van der Waals surface area (Å²) in [6, 6.07) is 22.1. The van der Waals surface area contributed by atoms with Gasteiger partial charge in [-0.1, -0.05) is 69.3 Å². The highest BCUT2D eigenvalue weighted by molar-refractivity contribution is 5.72. The zero-order valence-electron chi connectivity index (χ0n) is 18.6. The second kappa shape index (κ2) is 9.69. The minimum Gasteiger partial charge on any atom is -0.496 e. The van der Waals surface area contributed by atoms with Crippen molar-refractivity contribution in [3.8, 4) is 22.6 Å². The maximum atomic E-state index is 11.2. The average Bonchev–Trinajstić information content (AvgIpc) is 2.76. The molecule has 0 radical (unpaired) electrons. The van der Waals surface area contributed by atoms with Gasteiger partial charge < -0.3 is 14.6 Å². The van der Waals surface area contributed by atoms with E-state index in [-0.39, 0.29) is 11.8 Å². The van der Waals surface area contributed by atoms with Crippen molar-refractivity contribution in [3.63, 3.8) is 0 Å². The number of carbonyl (C=O) groups is 1. The summed E-state index contributed by atoms with van der Waals surface area (Å²) in [5, 5.41) is 9.17. The molecule has 0 spiro atoms. The van der Waals surface area contributed by atoms with Crippen LogP contribution in [0.5, 0.6) is 11.5 Å². The summed E-state index contributed by atoms with van der Waals surface area (Å²) in [5.74, 6) is 0.658. The molecule has 0 aliphatic rings. The summed E-state index contributed by atoms with van der Waals surface area (Å²) in [5.41, 5.74) is 5.27. The summed E-state index contributed by atoms with van der Waals surface area (Å²) in [6.45, 7) is 7.00. The first-order chi connectivity index (χ1) is 14.8. The zero-order chi connectivity index (χ0) is 22.4. The number of carboxylic acids is 1. The van der Waals surface area contributed by atoms with E-state index < -0.39 is 5.97 Å². The maximum absolute atomic E-state index is 11.2. The van der Waals surface area contributed by atoms with E-state index in [1.807, 2.05) is 42.5 Å². The Morgan fingerprint density at radius 1 is 0.935 bits per heavy atom. The van der Waals surface area contributed by atoms with Crippen molar-refractivity contribution in [1.29, 1.82) is 0 Å². The van der Waals surface area contributed by atoms with E-state index in [1.54, 1.807) is 7.11 Å². The standard InChI is InChI=1S/C27H30O4/c1-27(2,3)22-13-9-19(10-14-22)18-31-24-15-11-20(17-21(24)12-16-26(28)29)23-7-5-6-8-25(23)30-4/h5-11,13-15,17H,12,16,18H2,1-4H3,(H,28,29). The van der Waals surface area contributed by atoms with Crippen LogP contribution in [0.4, 0.5) is 0 Å². The van der Waals surface area contributed by atoms with E-state index in [2.05, 4.69) is 45.0 Å². The van der Waals surface area contributed by atoms with Crippen LogP contribution in [0.2, 0.25) is 0 Å². The van der Waals surface area contributed by atoms with E-state index in [4.69, 9.17) is 9.47 Å². The number of carboxylic acid groups (broad SMARTS) is 1. The summed E-state index contributed by atoms with van der Waals surface area (Å²) in [6.07, 6.45) is 0.447. The molecule has 0 saturated heterocycles. The third kappa shape index (κ3) is 5.88. The Morgan fingerprint density at radius 3 is 2.29 bits per heavy atom. The molecule has 4 nitrogen and oxygen atoms in total. The Bertz CT molecular complexity index is 1030. The fourth-order valence-electron chi connectivity index (χ4n) is 3.47. The van der Waals surface area contributed by atoms with E-state index in [1.165, 1.54) is 5.56 Å². The largest absolute Gasteiger partial charge is 0.496 e. The lowest BCUT2D eigenvalue weighted by atomic mass is 9.87. The highest BCUT2D eigenvalue weighted by Gasteiger charge is 2.14. The molecule has 0 unspecified atom stereocenters. The number of para-hydroxylation sites is 1. The second-order valence-electron chi connectivity index (χ2n) is 8.65. The smallest absolute Gasteiger partial charge is 0.303 e. The molecule has 31 heavy (non-hydrogen) atoms. The van der Waals surface area contributed by atoms with Crippen LogP contribution in [0.25, 0.3) is 11.1 Å². The molecule has 0 aromatic heterocycles. The number of rotatable bonds is 8. The lowest BCUT2D eigenvalue weighted by Crippen LogP contribution is -2.11. The molecule has 162 valence electrons. The van der Waals surface area contributed by atoms with Crippen molar-refractivity contribution >= 4 is 5.97 Å². The lowest BCUT2D eigenvalue weighted by Gasteiger charge is -2.19. The zero-order valence-corrected chi connectivity index (χ0v) is 18.6. The van der Waals surface area contributed by atoms with Crippen LogP contribution in [0.1, 0.15) is 43.9 Å². The first-order valence-electron chi connectivity index (χ1n) is 10.5. The predicted octanol–water partition coefficient (Wildman–Crippen LogP) is 6.26. The number of ether oxygens (including phenoxy) is 2. The normalized spacial score (nSPS) is 11.2. The lowest BCUT2D eigenvalue weighted by molar-refractivity contribution is -0.136. The summed E-state index contributed by atoms with van der Waals surface area (Å²) in [7, 11) is 1.65. The minimum absolute atomic E-state index is 0.0476. The fraction of sp³-hybridized carbons (Fsp3) is 0.296. The highest BCUT2D eigenvalue weighted by atomic mass is 16.5. The highest BCUT2D eigenvalue weighted by Crippen LogP contribution is 2.33. The van der Waals surface area contributed by atoms with Crippen LogP contribution >= 0.6 is 0 Å². The van der Waals surface area contributed by atoms with E-state index >= 15 is 0 Å². The summed E-state index contributed by atoms with van der Waals surface area (Å²) in [4.78, 5) is 11.2. The fourth-order valence-corrected chi connectivity index (χ4v) is 3.47. The van der Waals surface area contributed by atoms with Crippen molar-refractivity contribution in [1.82, 2.24) is 0 Å². The number of aryl methyl sites for hydroxylation is 1. The van der Waals surface area contributed by atoms with Crippen LogP contribution in [0.3, 0.4) is 0 Å². The molecule has 0 saturated carbocycles. The minimum atomic E-state index is -0.827. The SMILES string of the molecule is COc1ccccc1-c1ccc(OCc2ccc(C(C)(C)C)cc2)c(CCC(=O)O)c1. The van der Waals surface area contributed by atoms with Crippen LogP contribution in [-0.2, 0) is 23.2 Å². The van der Waals surface area contributed by atoms with Gasteiger partial charge in [-0.05, 0) is 52.3 Å². The van der Waals surface area contributed by atoms with Crippen LogP contribution in [0.15, 0.2) is 66.7 Å². The van der Waals surface area contributed by atoms with Crippen molar-refractivity contribution in [2.45, 2.75) is 45.6 Å². The first kappa shape index (κ1) is 22.4. The van der Waals surface area contributed by atoms with Crippen LogP contribution < -0.4 is 9.47 Å². The summed E-state index contributed by atoms with van der Waals surface area (Å²) < 4.78 is 11.6. The molecule has 0 aliphatic heterocycles. The van der Waals surface area contributed by atoms with Crippen molar-refractivity contribution in [2.75, 3.05) is 7.11 Å². The van der Waals surface area contributed by atoms with Crippen molar-refractivity contribution in [2.24, 2.45) is 0 Å². The van der Waals surface area contributed by atoms with Gasteiger partial charge in [-0.25, -0.2) is 0 Å². The van der Waals surface area contributed by atoms with E-state index in [0.717, 1.165) is 28.0 Å². The average molecular weight is 419 g/mol. The Labute approximate surface area is 184 Å². The molecule has 0 aliphatic carbocycles. The third-order valence-corrected chi connectivity index (χ3v) is 5.30. The monoisotopic (exact) mass is 418 g/mol. The number of hydrogen-bond donors (Lipinski definition) is 1. The summed E-state index contributed by atoms with van der Waals surface area (Å²) >= 11 is 0. The van der Waals surface area contributed by atoms with Gasteiger partial charge in [0.15, 0.2) is 0 Å². The molecule has 0 bridgehead atoms. The Balaban J connectivity index is 1.84. The maximum Gasteiger partial charge on any atom is 0.303 e. The van der Waals surface area contributed by atoms with E-state index in [9.17, 15) is 9.90 Å². The van der Waals surface area contributed by atoms with Crippen molar-refractivity contribution < 1.29 is 19.4 Å². The Kier molecular flexibility index (Phi) is 7.01. The van der Waals surface area contributed by atoms with E-state index in [0.29, 0.717) is 18.8 Å². The quantitative estimate of drug-likeness (QED) is 0.469. The molecule has 1 N–H and O–H groups in total. The number of hydrogen-bond acceptors (Lipinski definition) is 3. The van der Waals surface area contributed by atoms with Crippen LogP contribution in [-0.4, -0.2) is 18.2 Å². The first-order valence-corrected chi connectivity index (χ1v) is 10.5. The molecule has 3 aromatic rings. The number of benzene rings is 3. The molecule has 0 atom stereocenters. The molecule has 0 amide bonds. The molecule has 3 rings (SSSR count).